The van der Waals surface area contributed by atoms with Gasteiger partial charge in [-0.05, 0) is 24.4 Å². The van der Waals surface area contributed by atoms with E-state index in [1.54, 1.807) is 17.9 Å². The number of pyridine rings is 1. The Balaban J connectivity index is 1.85. The van der Waals surface area contributed by atoms with Gasteiger partial charge >= 0.3 is 0 Å². The van der Waals surface area contributed by atoms with Crippen LogP contribution >= 0.6 is 0 Å². The van der Waals surface area contributed by atoms with E-state index in [2.05, 4.69) is 10.1 Å². The number of para-hydroxylation sites is 1. The first kappa shape index (κ1) is 15.9. The van der Waals surface area contributed by atoms with Gasteiger partial charge in [0.15, 0.2) is 5.82 Å². The van der Waals surface area contributed by atoms with Gasteiger partial charge in [0.05, 0.1) is 12.1 Å². The molecule has 0 saturated carbocycles. The van der Waals surface area contributed by atoms with Gasteiger partial charge in [-0.15, -0.1) is 0 Å². The van der Waals surface area contributed by atoms with Crippen molar-refractivity contribution >= 4 is 16.8 Å². The van der Waals surface area contributed by atoms with E-state index in [9.17, 15) is 9.59 Å². The van der Waals surface area contributed by atoms with Crippen LogP contribution in [0.3, 0.4) is 0 Å². The molecular weight excluding hydrogens is 308 g/mol. The molecule has 0 spiro atoms. The van der Waals surface area contributed by atoms with Crippen LogP contribution in [0.4, 0.5) is 0 Å². The Morgan fingerprint density at radius 2 is 2.04 bits per heavy atom. The fourth-order valence-corrected chi connectivity index (χ4v) is 2.59. The first-order chi connectivity index (χ1) is 11.6. The Labute approximate surface area is 138 Å². The Bertz CT molecular complexity index is 929. The molecule has 0 aliphatic rings. The van der Waals surface area contributed by atoms with Crippen molar-refractivity contribution in [3.8, 4) is 0 Å². The molecule has 124 valence electrons. The molecular formula is C17H18N4O3. The summed E-state index contributed by atoms with van der Waals surface area (Å²) in [5.74, 6) is 0.741. The molecule has 1 amide bonds. The summed E-state index contributed by atoms with van der Waals surface area (Å²) in [4.78, 5) is 30.5. The molecule has 0 aliphatic carbocycles. The van der Waals surface area contributed by atoms with Gasteiger partial charge in [-0.1, -0.05) is 23.4 Å². The number of carbonyl (C=O) groups is 1. The van der Waals surface area contributed by atoms with Crippen LogP contribution in [0.1, 0.15) is 18.6 Å². The molecule has 3 aromatic rings. The minimum absolute atomic E-state index is 0.0230. The van der Waals surface area contributed by atoms with E-state index in [1.807, 2.05) is 31.2 Å². The topological polar surface area (TPSA) is 81.2 Å². The zero-order valence-electron chi connectivity index (χ0n) is 13.6. The lowest BCUT2D eigenvalue weighted by molar-refractivity contribution is -0.132. The van der Waals surface area contributed by atoms with Gasteiger partial charge in [0.25, 0.3) is 5.56 Å². The van der Waals surface area contributed by atoms with Crippen molar-refractivity contribution in [1.29, 1.82) is 0 Å². The number of nitrogens with zero attached hydrogens (tertiary/aromatic N) is 4. The van der Waals surface area contributed by atoms with Gasteiger partial charge in [0.2, 0.25) is 11.8 Å². The highest BCUT2D eigenvalue weighted by Crippen LogP contribution is 2.11. The second-order valence-corrected chi connectivity index (χ2v) is 5.45. The van der Waals surface area contributed by atoms with Crippen LogP contribution in [-0.2, 0) is 17.9 Å². The second kappa shape index (κ2) is 6.66. The quantitative estimate of drug-likeness (QED) is 0.713. The summed E-state index contributed by atoms with van der Waals surface area (Å²) in [5.41, 5.74) is 0.540. The predicted molar refractivity (Wildman–Crippen MR) is 88.3 cm³/mol. The lowest BCUT2D eigenvalue weighted by Gasteiger charge is -2.20. The van der Waals surface area contributed by atoms with Crippen molar-refractivity contribution in [2.45, 2.75) is 26.9 Å². The van der Waals surface area contributed by atoms with E-state index < -0.39 is 0 Å². The lowest BCUT2D eigenvalue weighted by Crippen LogP contribution is -2.36. The fraction of sp³-hybridized carbons (Fsp3) is 0.294. The number of fused-ring (bicyclic) bond motifs is 1. The molecule has 0 radical (unpaired) electrons. The standard InChI is InChI=1S/C17H18N4O3/c1-3-20(10-15-18-12(2)24-19-15)17(23)11-21-14-7-5-4-6-13(14)8-9-16(21)22/h4-9H,3,10-11H2,1-2H3. The van der Waals surface area contributed by atoms with Gasteiger partial charge < -0.3 is 9.42 Å². The molecule has 0 aliphatic heterocycles. The minimum Gasteiger partial charge on any atom is -0.340 e. The van der Waals surface area contributed by atoms with E-state index in [0.717, 1.165) is 10.9 Å². The van der Waals surface area contributed by atoms with Crippen molar-refractivity contribution in [2.75, 3.05) is 6.54 Å². The molecule has 0 fully saturated rings. The third-order valence-electron chi connectivity index (χ3n) is 3.83. The number of benzene rings is 1. The first-order valence-corrected chi connectivity index (χ1v) is 7.74. The van der Waals surface area contributed by atoms with E-state index in [1.165, 1.54) is 10.6 Å². The minimum atomic E-state index is -0.200. The maximum Gasteiger partial charge on any atom is 0.251 e. The molecule has 7 heteroatoms. The second-order valence-electron chi connectivity index (χ2n) is 5.45. The predicted octanol–water partition coefficient (Wildman–Crippen LogP) is 1.74. The maximum atomic E-state index is 12.6. The van der Waals surface area contributed by atoms with Crippen molar-refractivity contribution in [3.63, 3.8) is 0 Å². The van der Waals surface area contributed by atoms with Crippen LogP contribution in [0.15, 0.2) is 45.7 Å². The summed E-state index contributed by atoms with van der Waals surface area (Å²) in [6.07, 6.45) is 0. The summed E-state index contributed by atoms with van der Waals surface area (Å²) in [5, 5.41) is 4.73. The highest BCUT2D eigenvalue weighted by molar-refractivity contribution is 5.82. The van der Waals surface area contributed by atoms with Crippen molar-refractivity contribution < 1.29 is 9.32 Å². The van der Waals surface area contributed by atoms with E-state index in [4.69, 9.17) is 4.52 Å². The zero-order valence-corrected chi connectivity index (χ0v) is 13.6. The van der Waals surface area contributed by atoms with Crippen LogP contribution in [0.5, 0.6) is 0 Å². The molecule has 2 aromatic heterocycles. The average Bonchev–Trinajstić information content (AvgIpc) is 3.00. The Morgan fingerprint density at radius 1 is 1.25 bits per heavy atom. The highest BCUT2D eigenvalue weighted by Gasteiger charge is 2.17. The normalized spacial score (nSPS) is 10.9. The highest BCUT2D eigenvalue weighted by atomic mass is 16.5. The number of amides is 1. The first-order valence-electron chi connectivity index (χ1n) is 7.74. The molecule has 0 atom stereocenters. The number of rotatable bonds is 5. The van der Waals surface area contributed by atoms with Crippen LogP contribution in [-0.4, -0.2) is 32.1 Å². The molecule has 0 unspecified atom stereocenters. The Hall–Kier alpha value is -2.96. The van der Waals surface area contributed by atoms with Crippen LogP contribution < -0.4 is 5.56 Å². The van der Waals surface area contributed by atoms with E-state index >= 15 is 0 Å². The van der Waals surface area contributed by atoms with Crippen LogP contribution in [0.25, 0.3) is 10.9 Å². The summed E-state index contributed by atoms with van der Waals surface area (Å²) in [6, 6.07) is 10.7. The smallest absolute Gasteiger partial charge is 0.251 e. The molecule has 24 heavy (non-hydrogen) atoms. The monoisotopic (exact) mass is 326 g/mol. The van der Waals surface area contributed by atoms with Crippen LogP contribution in [0.2, 0.25) is 0 Å². The van der Waals surface area contributed by atoms with Gasteiger partial charge in [-0.2, -0.15) is 4.98 Å². The number of aryl methyl sites for hydroxylation is 1. The number of likely N-dealkylation sites (N-methyl/N-ethyl adjacent to an activating group) is 1. The molecule has 3 rings (SSSR count). The van der Waals surface area contributed by atoms with Gasteiger partial charge in [0.1, 0.15) is 6.54 Å². The number of hydrogen-bond acceptors (Lipinski definition) is 5. The van der Waals surface area contributed by atoms with E-state index in [0.29, 0.717) is 18.3 Å². The largest absolute Gasteiger partial charge is 0.340 e. The molecule has 0 saturated heterocycles. The fourth-order valence-electron chi connectivity index (χ4n) is 2.59. The summed E-state index contributed by atoms with van der Waals surface area (Å²) >= 11 is 0. The average molecular weight is 326 g/mol. The SMILES string of the molecule is CCN(Cc1noc(C)n1)C(=O)Cn1c(=O)ccc2ccccc21. The third kappa shape index (κ3) is 3.19. The van der Waals surface area contributed by atoms with Crippen molar-refractivity contribution in [3.05, 3.63) is 58.5 Å². The summed E-state index contributed by atoms with van der Waals surface area (Å²) in [7, 11) is 0. The number of aromatic nitrogens is 3. The number of carbonyl (C=O) groups excluding carboxylic acids is 1. The summed E-state index contributed by atoms with van der Waals surface area (Å²) < 4.78 is 6.42. The Kier molecular flexibility index (Phi) is 4.41. The Morgan fingerprint density at radius 3 is 2.75 bits per heavy atom. The van der Waals surface area contributed by atoms with E-state index in [-0.39, 0.29) is 24.6 Å². The summed E-state index contributed by atoms with van der Waals surface area (Å²) in [6.45, 7) is 4.30. The maximum absolute atomic E-state index is 12.6. The lowest BCUT2D eigenvalue weighted by atomic mass is 10.2. The zero-order chi connectivity index (χ0) is 17.1. The van der Waals surface area contributed by atoms with Gasteiger partial charge in [0, 0.05) is 19.5 Å². The molecule has 1 aromatic carbocycles. The van der Waals surface area contributed by atoms with Crippen LogP contribution in [0, 0.1) is 6.92 Å². The van der Waals surface area contributed by atoms with Crippen molar-refractivity contribution in [1.82, 2.24) is 19.6 Å². The molecule has 0 bridgehead atoms. The van der Waals surface area contributed by atoms with Crippen molar-refractivity contribution in [2.24, 2.45) is 0 Å². The molecule has 0 N–H and O–H groups in total. The third-order valence-corrected chi connectivity index (χ3v) is 3.83. The van der Waals surface area contributed by atoms with Gasteiger partial charge in [-0.25, -0.2) is 0 Å². The number of hydrogen-bond donors (Lipinski definition) is 0. The molecule has 7 nitrogen and oxygen atoms in total. The molecule has 2 heterocycles. The van der Waals surface area contributed by atoms with Gasteiger partial charge in [-0.3, -0.25) is 14.2 Å².